The zero-order valence-corrected chi connectivity index (χ0v) is 14.3. The first kappa shape index (κ1) is 18.2. The van der Waals surface area contributed by atoms with E-state index in [0.717, 1.165) is 0 Å². The standard InChI is InChI=1S/C20H18F3NO2/c1-13(25)16-6-7-18(21)17(12-16)14-2-4-15(5-3-14)19(26)24-10-8-20(22,23)9-11-24/h2-7,12H,8-11H2,1H3. The van der Waals surface area contributed by atoms with Crippen LogP contribution in [0.2, 0.25) is 0 Å². The lowest BCUT2D eigenvalue weighted by molar-refractivity contribution is -0.0494. The second-order valence-corrected chi connectivity index (χ2v) is 6.48. The first-order valence-corrected chi connectivity index (χ1v) is 8.35. The molecule has 1 heterocycles. The summed E-state index contributed by atoms with van der Waals surface area (Å²) < 4.78 is 40.5. The molecule has 1 fully saturated rings. The maximum Gasteiger partial charge on any atom is 0.253 e. The van der Waals surface area contributed by atoms with Gasteiger partial charge in [0, 0.05) is 42.6 Å². The Morgan fingerprint density at radius 3 is 2.12 bits per heavy atom. The molecule has 1 aliphatic heterocycles. The van der Waals surface area contributed by atoms with Crippen molar-refractivity contribution >= 4 is 11.7 Å². The number of carbonyl (C=O) groups is 2. The van der Waals surface area contributed by atoms with Crippen molar-refractivity contribution in [2.45, 2.75) is 25.7 Å². The Labute approximate surface area is 149 Å². The minimum Gasteiger partial charge on any atom is -0.338 e. The minimum atomic E-state index is -2.71. The average Bonchev–Trinajstić information content (AvgIpc) is 2.61. The molecule has 0 radical (unpaired) electrons. The van der Waals surface area contributed by atoms with Gasteiger partial charge in [0.25, 0.3) is 11.8 Å². The van der Waals surface area contributed by atoms with Gasteiger partial charge in [-0.2, -0.15) is 0 Å². The van der Waals surface area contributed by atoms with E-state index >= 15 is 0 Å². The number of piperidine rings is 1. The summed E-state index contributed by atoms with van der Waals surface area (Å²) in [5.41, 5.74) is 1.57. The van der Waals surface area contributed by atoms with Crippen molar-refractivity contribution in [1.29, 1.82) is 0 Å². The van der Waals surface area contributed by atoms with E-state index in [1.165, 1.54) is 30.0 Å². The van der Waals surface area contributed by atoms with Gasteiger partial charge < -0.3 is 4.90 Å². The molecule has 0 unspecified atom stereocenters. The van der Waals surface area contributed by atoms with Gasteiger partial charge in [-0.1, -0.05) is 12.1 Å². The Hall–Kier alpha value is -2.63. The Morgan fingerprint density at radius 2 is 1.54 bits per heavy atom. The van der Waals surface area contributed by atoms with E-state index in [4.69, 9.17) is 0 Å². The lowest BCUT2D eigenvalue weighted by atomic mass is 9.99. The van der Waals surface area contributed by atoms with E-state index in [1.54, 1.807) is 24.3 Å². The van der Waals surface area contributed by atoms with Crippen LogP contribution in [-0.2, 0) is 0 Å². The Balaban J connectivity index is 1.80. The highest BCUT2D eigenvalue weighted by molar-refractivity contribution is 5.96. The molecule has 2 aromatic carbocycles. The van der Waals surface area contributed by atoms with Crippen LogP contribution in [0.5, 0.6) is 0 Å². The van der Waals surface area contributed by atoms with Crippen molar-refractivity contribution < 1.29 is 22.8 Å². The third kappa shape index (κ3) is 3.79. The number of carbonyl (C=O) groups excluding carboxylic acids is 2. The molecule has 136 valence electrons. The molecule has 0 atom stereocenters. The highest BCUT2D eigenvalue weighted by Gasteiger charge is 2.35. The number of nitrogens with zero attached hydrogens (tertiary/aromatic N) is 1. The van der Waals surface area contributed by atoms with Crippen LogP contribution < -0.4 is 0 Å². The fraction of sp³-hybridized carbons (Fsp3) is 0.300. The molecular weight excluding hydrogens is 343 g/mol. The number of halogens is 3. The topological polar surface area (TPSA) is 37.4 Å². The summed E-state index contributed by atoms with van der Waals surface area (Å²) >= 11 is 0. The summed E-state index contributed by atoms with van der Waals surface area (Å²) in [4.78, 5) is 25.3. The van der Waals surface area contributed by atoms with Crippen molar-refractivity contribution in [2.24, 2.45) is 0 Å². The Morgan fingerprint density at radius 1 is 0.962 bits per heavy atom. The first-order valence-electron chi connectivity index (χ1n) is 8.35. The van der Waals surface area contributed by atoms with Crippen molar-refractivity contribution in [3.8, 4) is 11.1 Å². The van der Waals surface area contributed by atoms with E-state index in [1.807, 2.05) is 0 Å². The van der Waals surface area contributed by atoms with Crippen LogP contribution in [0.4, 0.5) is 13.2 Å². The average molecular weight is 361 g/mol. The van der Waals surface area contributed by atoms with Crippen LogP contribution >= 0.6 is 0 Å². The normalized spacial score (nSPS) is 16.4. The number of hydrogen-bond acceptors (Lipinski definition) is 2. The lowest BCUT2D eigenvalue weighted by Crippen LogP contribution is -2.42. The maximum atomic E-state index is 14.1. The molecule has 2 aromatic rings. The van der Waals surface area contributed by atoms with Gasteiger partial charge in [-0.3, -0.25) is 9.59 Å². The third-order valence-corrected chi connectivity index (χ3v) is 4.60. The maximum absolute atomic E-state index is 14.1. The van der Waals surface area contributed by atoms with Crippen molar-refractivity contribution in [3.63, 3.8) is 0 Å². The number of Topliss-reactive ketones (excluding diaryl/α,β-unsaturated/α-hetero) is 1. The summed E-state index contributed by atoms with van der Waals surface area (Å²) in [7, 11) is 0. The predicted molar refractivity (Wildman–Crippen MR) is 91.9 cm³/mol. The molecule has 26 heavy (non-hydrogen) atoms. The molecule has 0 N–H and O–H groups in total. The van der Waals surface area contributed by atoms with Crippen molar-refractivity contribution in [1.82, 2.24) is 4.90 Å². The minimum absolute atomic E-state index is 0.0167. The molecule has 1 aliphatic rings. The quantitative estimate of drug-likeness (QED) is 0.751. The number of hydrogen-bond donors (Lipinski definition) is 0. The number of benzene rings is 2. The zero-order valence-electron chi connectivity index (χ0n) is 14.3. The number of alkyl halides is 2. The summed E-state index contributed by atoms with van der Waals surface area (Å²) in [6.45, 7) is 1.44. The zero-order chi connectivity index (χ0) is 18.9. The molecule has 0 aromatic heterocycles. The smallest absolute Gasteiger partial charge is 0.253 e. The van der Waals surface area contributed by atoms with Crippen LogP contribution in [0.1, 0.15) is 40.5 Å². The fourth-order valence-electron chi connectivity index (χ4n) is 2.98. The van der Waals surface area contributed by atoms with E-state index in [9.17, 15) is 22.8 Å². The van der Waals surface area contributed by atoms with Crippen LogP contribution in [0.3, 0.4) is 0 Å². The molecular formula is C20H18F3NO2. The molecule has 1 amide bonds. The van der Waals surface area contributed by atoms with E-state index in [0.29, 0.717) is 16.7 Å². The SMILES string of the molecule is CC(=O)c1ccc(F)c(-c2ccc(C(=O)N3CCC(F)(F)CC3)cc2)c1. The second kappa shape index (κ2) is 6.94. The largest absolute Gasteiger partial charge is 0.338 e. The van der Waals surface area contributed by atoms with Gasteiger partial charge in [0.2, 0.25) is 0 Å². The van der Waals surface area contributed by atoms with Gasteiger partial charge in [0.05, 0.1) is 0 Å². The first-order chi connectivity index (χ1) is 12.3. The van der Waals surface area contributed by atoms with Crippen LogP contribution in [-0.4, -0.2) is 35.6 Å². The monoisotopic (exact) mass is 361 g/mol. The van der Waals surface area contributed by atoms with Gasteiger partial charge >= 0.3 is 0 Å². The van der Waals surface area contributed by atoms with E-state index < -0.39 is 11.7 Å². The molecule has 0 spiro atoms. The van der Waals surface area contributed by atoms with Gasteiger partial charge in [0.15, 0.2) is 5.78 Å². The van der Waals surface area contributed by atoms with Crippen molar-refractivity contribution in [3.05, 3.63) is 59.4 Å². The van der Waals surface area contributed by atoms with Crippen LogP contribution in [0, 0.1) is 5.82 Å². The molecule has 1 saturated heterocycles. The highest BCUT2D eigenvalue weighted by atomic mass is 19.3. The van der Waals surface area contributed by atoms with Gasteiger partial charge in [-0.15, -0.1) is 0 Å². The van der Waals surface area contributed by atoms with Crippen molar-refractivity contribution in [2.75, 3.05) is 13.1 Å². The molecule has 0 aliphatic carbocycles. The van der Waals surface area contributed by atoms with Crippen LogP contribution in [0.15, 0.2) is 42.5 Å². The lowest BCUT2D eigenvalue weighted by Gasteiger charge is -2.31. The van der Waals surface area contributed by atoms with E-state index in [-0.39, 0.29) is 43.2 Å². The molecule has 6 heteroatoms. The number of likely N-dealkylation sites (tertiary alicyclic amines) is 1. The van der Waals surface area contributed by atoms with Gasteiger partial charge in [-0.25, -0.2) is 13.2 Å². The fourth-order valence-corrected chi connectivity index (χ4v) is 2.98. The van der Waals surface area contributed by atoms with Gasteiger partial charge in [-0.05, 0) is 42.8 Å². The number of amides is 1. The molecule has 0 bridgehead atoms. The highest BCUT2D eigenvalue weighted by Crippen LogP contribution is 2.29. The molecule has 0 saturated carbocycles. The van der Waals surface area contributed by atoms with E-state index in [2.05, 4.69) is 0 Å². The summed E-state index contributed by atoms with van der Waals surface area (Å²) in [6, 6.07) is 10.4. The number of rotatable bonds is 3. The summed E-state index contributed by atoms with van der Waals surface area (Å²) in [5, 5.41) is 0. The second-order valence-electron chi connectivity index (χ2n) is 6.48. The molecule has 3 rings (SSSR count). The summed E-state index contributed by atoms with van der Waals surface area (Å²) in [6.07, 6.45) is -0.667. The number of ketones is 1. The Kier molecular flexibility index (Phi) is 4.85. The summed E-state index contributed by atoms with van der Waals surface area (Å²) in [5.74, 6) is -3.66. The predicted octanol–water partition coefficient (Wildman–Crippen LogP) is 4.57. The third-order valence-electron chi connectivity index (χ3n) is 4.60. The van der Waals surface area contributed by atoms with Gasteiger partial charge in [0.1, 0.15) is 5.82 Å². The molecule has 3 nitrogen and oxygen atoms in total. The van der Waals surface area contributed by atoms with Crippen LogP contribution in [0.25, 0.3) is 11.1 Å². The Bertz CT molecular complexity index is 837.